The summed E-state index contributed by atoms with van der Waals surface area (Å²) in [5.41, 5.74) is 3.14. The Bertz CT molecular complexity index is 564. The summed E-state index contributed by atoms with van der Waals surface area (Å²) in [7, 11) is 0. The molecule has 0 fully saturated rings. The van der Waals surface area contributed by atoms with Crippen LogP contribution in [0.3, 0.4) is 0 Å². The van der Waals surface area contributed by atoms with Crippen molar-refractivity contribution < 1.29 is 14.3 Å². The third-order valence-corrected chi connectivity index (χ3v) is 3.56. The molecule has 0 aromatic heterocycles. The van der Waals surface area contributed by atoms with E-state index < -0.39 is 0 Å². The van der Waals surface area contributed by atoms with Crippen LogP contribution in [0.4, 0.5) is 4.53 Å². The number of aryl methyl sites for hydroxylation is 1. The largest absolute Gasteiger partial charge is 0.411 e. The van der Waals surface area contributed by atoms with Crippen LogP contribution >= 0.6 is 0 Å². The van der Waals surface area contributed by atoms with Crippen molar-refractivity contribution >= 4 is 0 Å². The molecule has 1 unspecified atom stereocenters. The fourth-order valence-corrected chi connectivity index (χ4v) is 2.54. The maximum Gasteiger partial charge on any atom is 0.150 e. The fraction of sp³-hybridized carbons (Fsp3) is 0.294. The first kappa shape index (κ1) is 15.5. The molecule has 0 saturated carbocycles. The maximum atomic E-state index is 12.2. The standard InChI is InChI=1S/C17H20FNO2/c1-13-8-9-17(21-19)16(12-13)15(10-11-20-18)14-6-4-2-3-5-7-14/h2,4-9,12,15H,3,10-11,19H2,1H3. The summed E-state index contributed by atoms with van der Waals surface area (Å²) in [6.45, 7) is 2.03. The van der Waals surface area contributed by atoms with Crippen LogP contribution in [0.25, 0.3) is 0 Å². The van der Waals surface area contributed by atoms with Gasteiger partial charge in [0.2, 0.25) is 0 Å². The van der Waals surface area contributed by atoms with Crippen LogP contribution in [0.15, 0.2) is 54.2 Å². The highest BCUT2D eigenvalue weighted by Gasteiger charge is 2.20. The molecular formula is C17H20FNO2. The van der Waals surface area contributed by atoms with E-state index in [1.807, 2.05) is 37.3 Å². The van der Waals surface area contributed by atoms with Crippen LogP contribution in [0.2, 0.25) is 0 Å². The van der Waals surface area contributed by atoms with Gasteiger partial charge in [-0.3, -0.25) is 0 Å². The van der Waals surface area contributed by atoms with Gasteiger partial charge in [-0.1, -0.05) is 48.1 Å². The molecule has 1 aliphatic carbocycles. The number of nitrogens with two attached hydrogens (primary N) is 1. The molecule has 112 valence electrons. The summed E-state index contributed by atoms with van der Waals surface area (Å²) in [6, 6.07) is 5.80. The lowest BCUT2D eigenvalue weighted by Gasteiger charge is -2.20. The smallest absolute Gasteiger partial charge is 0.150 e. The topological polar surface area (TPSA) is 44.5 Å². The average Bonchev–Trinajstić information content (AvgIpc) is 2.77. The molecule has 2 rings (SSSR count). The van der Waals surface area contributed by atoms with Crippen LogP contribution < -0.4 is 10.7 Å². The Morgan fingerprint density at radius 3 is 2.95 bits per heavy atom. The molecule has 1 atom stereocenters. The van der Waals surface area contributed by atoms with Crippen LogP contribution in [0, 0.1) is 6.92 Å². The highest BCUT2D eigenvalue weighted by molar-refractivity contribution is 5.46. The number of benzene rings is 1. The predicted octanol–water partition coefficient (Wildman–Crippen LogP) is 4.06. The van der Waals surface area contributed by atoms with E-state index in [1.54, 1.807) is 0 Å². The molecule has 1 aromatic carbocycles. The Morgan fingerprint density at radius 1 is 1.33 bits per heavy atom. The molecule has 0 aliphatic heterocycles. The van der Waals surface area contributed by atoms with E-state index in [0.29, 0.717) is 12.2 Å². The van der Waals surface area contributed by atoms with Gasteiger partial charge in [0.15, 0.2) is 5.75 Å². The quantitative estimate of drug-likeness (QED) is 0.803. The highest BCUT2D eigenvalue weighted by atomic mass is 19.3. The normalized spacial score (nSPS) is 15.5. The zero-order chi connectivity index (χ0) is 15.1. The average molecular weight is 289 g/mol. The summed E-state index contributed by atoms with van der Waals surface area (Å²) in [4.78, 5) is 8.76. The molecule has 0 amide bonds. The minimum absolute atomic E-state index is 0.0253. The lowest BCUT2D eigenvalue weighted by atomic mass is 9.86. The summed E-state index contributed by atoms with van der Waals surface area (Å²) in [6.07, 6.45) is 11.7. The minimum Gasteiger partial charge on any atom is -0.411 e. The van der Waals surface area contributed by atoms with Gasteiger partial charge in [0.1, 0.15) is 0 Å². The summed E-state index contributed by atoms with van der Waals surface area (Å²) < 4.78 is 12.2. The molecule has 3 nitrogen and oxygen atoms in total. The van der Waals surface area contributed by atoms with E-state index in [4.69, 9.17) is 10.7 Å². The molecule has 0 heterocycles. The Hall–Kier alpha value is -1.91. The molecule has 4 heteroatoms. The second-order valence-corrected chi connectivity index (χ2v) is 5.05. The van der Waals surface area contributed by atoms with E-state index in [-0.39, 0.29) is 12.5 Å². The zero-order valence-electron chi connectivity index (χ0n) is 12.1. The van der Waals surface area contributed by atoms with Gasteiger partial charge in [0.05, 0.1) is 6.61 Å². The Morgan fingerprint density at radius 2 is 2.19 bits per heavy atom. The molecule has 0 radical (unpaired) electrons. The van der Waals surface area contributed by atoms with Crippen LogP contribution in [-0.2, 0) is 4.94 Å². The van der Waals surface area contributed by atoms with Crippen molar-refractivity contribution in [2.24, 2.45) is 5.90 Å². The third-order valence-electron chi connectivity index (χ3n) is 3.56. The lowest BCUT2D eigenvalue weighted by molar-refractivity contribution is -0.133. The van der Waals surface area contributed by atoms with E-state index in [0.717, 1.165) is 23.1 Å². The first-order valence-electron chi connectivity index (χ1n) is 7.00. The Labute approximate surface area is 124 Å². The van der Waals surface area contributed by atoms with Gasteiger partial charge in [0.25, 0.3) is 0 Å². The molecule has 2 N–H and O–H groups in total. The number of hydrogen-bond acceptors (Lipinski definition) is 3. The summed E-state index contributed by atoms with van der Waals surface area (Å²) in [5.74, 6) is 5.95. The first-order chi connectivity index (χ1) is 10.3. The van der Waals surface area contributed by atoms with Crippen molar-refractivity contribution in [1.29, 1.82) is 0 Å². The van der Waals surface area contributed by atoms with Gasteiger partial charge >= 0.3 is 0 Å². The van der Waals surface area contributed by atoms with Gasteiger partial charge in [-0.25, -0.2) is 0 Å². The van der Waals surface area contributed by atoms with Crippen LogP contribution in [0.1, 0.15) is 29.9 Å². The van der Waals surface area contributed by atoms with Gasteiger partial charge in [0, 0.05) is 11.5 Å². The van der Waals surface area contributed by atoms with Crippen LogP contribution in [-0.4, -0.2) is 6.61 Å². The van der Waals surface area contributed by atoms with Gasteiger partial charge in [-0.15, -0.1) is 0 Å². The highest BCUT2D eigenvalue weighted by Crippen LogP contribution is 2.36. The van der Waals surface area contributed by atoms with Gasteiger partial charge in [-0.05, 0) is 35.9 Å². The second-order valence-electron chi connectivity index (χ2n) is 5.05. The number of hydrogen-bond donors (Lipinski definition) is 1. The summed E-state index contributed by atoms with van der Waals surface area (Å²) >= 11 is 0. The SMILES string of the molecule is Cc1ccc(ON)c(C(CCOF)C2=CC=CCC=C2)c1. The molecule has 0 bridgehead atoms. The molecular weight excluding hydrogens is 269 g/mol. The molecule has 1 aliphatic rings. The zero-order valence-corrected chi connectivity index (χ0v) is 12.1. The molecule has 21 heavy (non-hydrogen) atoms. The minimum atomic E-state index is -0.0294. The van der Waals surface area contributed by atoms with Crippen molar-refractivity contribution in [3.05, 3.63) is 65.3 Å². The number of allylic oxidation sites excluding steroid dienone is 6. The van der Waals surface area contributed by atoms with E-state index >= 15 is 0 Å². The number of rotatable bonds is 6. The maximum absolute atomic E-state index is 12.2. The van der Waals surface area contributed by atoms with Crippen molar-refractivity contribution in [2.45, 2.75) is 25.7 Å². The van der Waals surface area contributed by atoms with E-state index in [1.165, 1.54) is 0 Å². The fourth-order valence-electron chi connectivity index (χ4n) is 2.54. The Kier molecular flexibility index (Phi) is 5.72. The van der Waals surface area contributed by atoms with Crippen molar-refractivity contribution in [3.63, 3.8) is 0 Å². The first-order valence-corrected chi connectivity index (χ1v) is 7.00. The number of halogens is 1. The van der Waals surface area contributed by atoms with Crippen LogP contribution in [0.5, 0.6) is 5.75 Å². The van der Waals surface area contributed by atoms with Crippen molar-refractivity contribution in [1.82, 2.24) is 0 Å². The van der Waals surface area contributed by atoms with E-state index in [9.17, 15) is 4.53 Å². The van der Waals surface area contributed by atoms with Gasteiger partial charge < -0.3 is 4.84 Å². The van der Waals surface area contributed by atoms with Gasteiger partial charge in [-0.2, -0.15) is 10.8 Å². The lowest BCUT2D eigenvalue weighted by Crippen LogP contribution is -2.10. The monoisotopic (exact) mass is 289 g/mol. The van der Waals surface area contributed by atoms with Crippen molar-refractivity contribution in [3.8, 4) is 5.75 Å². The second kappa shape index (κ2) is 7.76. The molecule has 0 saturated heterocycles. The third kappa shape index (κ3) is 4.03. The molecule has 1 aromatic rings. The van der Waals surface area contributed by atoms with Crippen molar-refractivity contribution in [2.75, 3.05) is 6.61 Å². The molecule has 0 spiro atoms. The predicted molar refractivity (Wildman–Crippen MR) is 81.4 cm³/mol. The Balaban J connectivity index is 2.42. The summed E-state index contributed by atoms with van der Waals surface area (Å²) in [5, 5.41) is 0. The van der Waals surface area contributed by atoms with E-state index in [2.05, 4.69) is 23.2 Å².